The molecule has 9 nitrogen and oxygen atoms in total. The van der Waals surface area contributed by atoms with Gasteiger partial charge in [-0.3, -0.25) is 14.0 Å². The number of methoxy groups -OCH3 is 1. The number of rotatable bonds is 7. The molecule has 0 bridgehead atoms. The molecule has 1 atom stereocenters. The summed E-state index contributed by atoms with van der Waals surface area (Å²) in [7, 11) is 1.56. The first-order valence-corrected chi connectivity index (χ1v) is 11.3. The molecule has 1 N–H and O–H groups in total. The van der Waals surface area contributed by atoms with Crippen LogP contribution in [0.1, 0.15) is 29.4 Å². The Labute approximate surface area is 201 Å². The summed E-state index contributed by atoms with van der Waals surface area (Å²) in [5, 5.41) is 11.5. The number of carbonyl (C=O) groups is 2. The molecule has 0 spiro atoms. The van der Waals surface area contributed by atoms with Gasteiger partial charge in [-0.05, 0) is 43.2 Å². The number of aromatic nitrogens is 4. The van der Waals surface area contributed by atoms with Gasteiger partial charge in [0.2, 0.25) is 0 Å². The number of hydrogen-bond acceptors (Lipinski definition) is 6. The summed E-state index contributed by atoms with van der Waals surface area (Å²) in [6, 6.07) is 11.9. The van der Waals surface area contributed by atoms with Crippen molar-refractivity contribution < 1.29 is 19.4 Å². The molecule has 4 heterocycles. The van der Waals surface area contributed by atoms with E-state index in [4.69, 9.17) is 4.74 Å². The van der Waals surface area contributed by atoms with Crippen molar-refractivity contribution in [2.24, 2.45) is 0 Å². The van der Waals surface area contributed by atoms with Crippen LogP contribution in [0, 0.1) is 6.92 Å². The summed E-state index contributed by atoms with van der Waals surface area (Å²) in [5.74, 6) is -1.01. The van der Waals surface area contributed by atoms with Gasteiger partial charge in [-0.15, -0.1) is 0 Å². The molecule has 0 saturated carbocycles. The van der Waals surface area contributed by atoms with Gasteiger partial charge in [0.25, 0.3) is 11.7 Å². The Bertz CT molecular complexity index is 1440. The fourth-order valence-electron chi connectivity index (χ4n) is 4.64. The maximum absolute atomic E-state index is 13.3. The fourth-order valence-corrected chi connectivity index (χ4v) is 4.64. The second-order valence-electron chi connectivity index (χ2n) is 8.40. The number of imidazole rings is 2. The molecule has 0 radical (unpaired) electrons. The van der Waals surface area contributed by atoms with E-state index in [1.165, 1.54) is 4.90 Å². The molecule has 1 aromatic carbocycles. The summed E-state index contributed by atoms with van der Waals surface area (Å²) in [4.78, 5) is 36.6. The maximum Gasteiger partial charge on any atom is 0.295 e. The summed E-state index contributed by atoms with van der Waals surface area (Å²) in [6.07, 6.45) is 7.63. The Morgan fingerprint density at radius 3 is 2.74 bits per heavy atom. The number of likely N-dealkylation sites (tertiary alicyclic amines) is 1. The van der Waals surface area contributed by atoms with E-state index in [1.807, 2.05) is 35.0 Å². The van der Waals surface area contributed by atoms with Crippen LogP contribution in [-0.4, -0.2) is 54.3 Å². The van der Waals surface area contributed by atoms with Gasteiger partial charge in [0, 0.05) is 31.7 Å². The average molecular weight is 472 g/mol. The number of hydrogen-bond donors (Lipinski definition) is 1. The van der Waals surface area contributed by atoms with E-state index in [0.717, 1.165) is 0 Å². The number of aliphatic hydroxyl groups is 1. The van der Waals surface area contributed by atoms with Crippen molar-refractivity contribution in [3.05, 3.63) is 89.9 Å². The van der Waals surface area contributed by atoms with E-state index in [2.05, 4.69) is 9.97 Å². The van der Waals surface area contributed by atoms with E-state index >= 15 is 0 Å². The van der Waals surface area contributed by atoms with Gasteiger partial charge in [0.05, 0.1) is 30.7 Å². The van der Waals surface area contributed by atoms with Gasteiger partial charge in [-0.25, -0.2) is 9.97 Å². The number of aliphatic hydroxyl groups excluding tert-OH is 1. The number of carbonyl (C=O) groups excluding carboxylic acids is 2. The minimum atomic E-state index is -0.762. The molecule has 1 amide bonds. The van der Waals surface area contributed by atoms with Gasteiger partial charge in [0.1, 0.15) is 17.1 Å². The first-order valence-electron chi connectivity index (χ1n) is 11.3. The van der Waals surface area contributed by atoms with Gasteiger partial charge < -0.3 is 19.3 Å². The first kappa shape index (κ1) is 22.4. The Balaban J connectivity index is 1.62. The Hall–Kier alpha value is -4.40. The molecule has 0 aliphatic carbocycles. The number of benzene rings is 1. The van der Waals surface area contributed by atoms with Crippen molar-refractivity contribution in [2.45, 2.75) is 25.9 Å². The number of ether oxygens (including phenoxy) is 1. The van der Waals surface area contributed by atoms with Crippen LogP contribution in [0.3, 0.4) is 0 Å². The number of fused-ring (bicyclic) bond motifs is 1. The molecular weight excluding hydrogens is 446 g/mol. The largest absolute Gasteiger partial charge is 0.505 e. The zero-order valence-corrected chi connectivity index (χ0v) is 19.5. The molecule has 4 aromatic rings. The van der Waals surface area contributed by atoms with Gasteiger partial charge in [-0.2, -0.15) is 0 Å². The SMILES string of the molecule is COc1cccc(C2/C(=C(\O)c3c(C)nc4ccccn34)C(=O)C(=O)N2CCCn2ccnc2)c1. The van der Waals surface area contributed by atoms with E-state index < -0.39 is 17.7 Å². The Morgan fingerprint density at radius 2 is 1.97 bits per heavy atom. The van der Waals surface area contributed by atoms with Crippen LogP contribution in [-0.2, 0) is 16.1 Å². The third-order valence-electron chi connectivity index (χ3n) is 6.25. The molecule has 35 heavy (non-hydrogen) atoms. The highest BCUT2D eigenvalue weighted by molar-refractivity contribution is 6.46. The van der Waals surface area contributed by atoms with Crippen LogP contribution in [0.5, 0.6) is 5.75 Å². The lowest BCUT2D eigenvalue weighted by Gasteiger charge is -2.25. The van der Waals surface area contributed by atoms with Crippen molar-refractivity contribution >= 4 is 23.1 Å². The predicted molar refractivity (Wildman–Crippen MR) is 129 cm³/mol. The lowest BCUT2D eigenvalue weighted by molar-refractivity contribution is -0.139. The second kappa shape index (κ2) is 9.09. The van der Waals surface area contributed by atoms with E-state index in [9.17, 15) is 14.7 Å². The monoisotopic (exact) mass is 471 g/mol. The zero-order chi connectivity index (χ0) is 24.5. The first-order chi connectivity index (χ1) is 17.0. The standard InChI is InChI=1S/C26H25N5O4/c1-17-22(30-12-4-3-9-20(30)28-17)24(32)21-23(18-7-5-8-19(15-18)35-2)31(26(34)25(21)33)13-6-11-29-14-10-27-16-29/h3-5,7-10,12,14-16,23,32H,6,11,13H2,1-2H3/b24-21+. The third-order valence-corrected chi connectivity index (χ3v) is 6.25. The molecule has 1 aliphatic heterocycles. The van der Waals surface area contributed by atoms with E-state index in [-0.39, 0.29) is 11.3 Å². The summed E-state index contributed by atoms with van der Waals surface area (Å²) < 4.78 is 9.02. The highest BCUT2D eigenvalue weighted by Crippen LogP contribution is 2.40. The van der Waals surface area contributed by atoms with Gasteiger partial charge >= 0.3 is 0 Å². The molecule has 1 fully saturated rings. The molecule has 178 valence electrons. The number of aryl methyl sites for hydroxylation is 2. The van der Waals surface area contributed by atoms with Crippen molar-refractivity contribution in [3.63, 3.8) is 0 Å². The second-order valence-corrected chi connectivity index (χ2v) is 8.40. The Kier molecular flexibility index (Phi) is 5.82. The summed E-state index contributed by atoms with van der Waals surface area (Å²) in [5.41, 5.74) is 2.31. The fraction of sp³-hybridized carbons (Fsp3) is 0.231. The molecule has 1 saturated heterocycles. The number of nitrogens with zero attached hydrogens (tertiary/aromatic N) is 5. The lowest BCUT2D eigenvalue weighted by atomic mass is 9.96. The van der Waals surface area contributed by atoms with Crippen molar-refractivity contribution in [2.75, 3.05) is 13.7 Å². The molecule has 1 unspecified atom stereocenters. The van der Waals surface area contributed by atoms with E-state index in [0.29, 0.717) is 47.9 Å². The molecule has 1 aliphatic rings. The third kappa shape index (κ3) is 3.95. The Morgan fingerprint density at radius 1 is 1.11 bits per heavy atom. The van der Waals surface area contributed by atoms with E-state index in [1.54, 1.807) is 55.4 Å². The highest BCUT2D eigenvalue weighted by Gasteiger charge is 2.46. The minimum absolute atomic E-state index is 0.0413. The number of amides is 1. The molecule has 9 heteroatoms. The topological polar surface area (TPSA) is 102 Å². The predicted octanol–water partition coefficient (Wildman–Crippen LogP) is 3.36. The van der Waals surface area contributed by atoms with Crippen LogP contribution in [0.25, 0.3) is 11.4 Å². The highest BCUT2D eigenvalue weighted by atomic mass is 16.5. The van der Waals surface area contributed by atoms with Crippen LogP contribution < -0.4 is 4.74 Å². The van der Waals surface area contributed by atoms with Gasteiger partial charge in [-0.1, -0.05) is 18.2 Å². The van der Waals surface area contributed by atoms with Gasteiger partial charge in [0.15, 0.2) is 5.76 Å². The van der Waals surface area contributed by atoms with Crippen LogP contribution in [0.4, 0.5) is 0 Å². The summed E-state index contributed by atoms with van der Waals surface area (Å²) >= 11 is 0. The molecule has 5 rings (SSSR count). The maximum atomic E-state index is 13.3. The number of pyridine rings is 1. The van der Waals surface area contributed by atoms with Crippen molar-refractivity contribution in [1.82, 2.24) is 23.8 Å². The van der Waals surface area contributed by atoms with Crippen LogP contribution >= 0.6 is 0 Å². The van der Waals surface area contributed by atoms with Crippen molar-refractivity contribution in [1.29, 1.82) is 0 Å². The molecular formula is C26H25N5O4. The minimum Gasteiger partial charge on any atom is -0.505 e. The normalized spacial score (nSPS) is 17.4. The summed E-state index contributed by atoms with van der Waals surface area (Å²) in [6.45, 7) is 2.73. The zero-order valence-electron chi connectivity index (χ0n) is 19.5. The quantitative estimate of drug-likeness (QED) is 0.252. The smallest absolute Gasteiger partial charge is 0.295 e. The average Bonchev–Trinajstić information content (AvgIpc) is 3.56. The number of ketones is 1. The van der Waals surface area contributed by atoms with Crippen LogP contribution in [0.15, 0.2) is 73.0 Å². The van der Waals surface area contributed by atoms with Crippen LogP contribution in [0.2, 0.25) is 0 Å². The lowest BCUT2D eigenvalue weighted by Crippen LogP contribution is -2.31. The number of Topliss-reactive ketones (excluding diaryl/α,β-unsaturated/α-hetero) is 1. The van der Waals surface area contributed by atoms with Crippen molar-refractivity contribution in [3.8, 4) is 5.75 Å². The molecule has 3 aromatic heterocycles.